The van der Waals surface area contributed by atoms with Crippen LogP contribution in [-0.2, 0) is 9.47 Å². The molecule has 2 nitrogen and oxygen atoms in total. The van der Waals surface area contributed by atoms with E-state index >= 15 is 0 Å². The fraction of sp³-hybridized carbons (Fsp3) is 0.833. The van der Waals surface area contributed by atoms with Gasteiger partial charge in [0.1, 0.15) is 0 Å². The van der Waals surface area contributed by atoms with Crippen LogP contribution in [0.2, 0.25) is 0 Å². The van der Waals surface area contributed by atoms with Gasteiger partial charge in [-0.05, 0) is 63.4 Å². The lowest BCUT2D eigenvalue weighted by atomic mass is 9.75. The molecule has 0 fully saturated rings. The standard InChI is InChI=1S/C24H42O2/c1-4-5-6-7-8-15-20-23(21-16-11-9-12-17-21)24(25-2,26-3)22-18-13-10-14-19-22/h16,18,23H,4-15,17,19-20H2,1-3H3. The fourth-order valence-electron chi connectivity index (χ4n) is 4.94. The molecule has 0 saturated heterocycles. The highest BCUT2D eigenvalue weighted by Crippen LogP contribution is 2.44. The summed E-state index contributed by atoms with van der Waals surface area (Å²) in [5.74, 6) is -0.152. The molecule has 2 rings (SSSR count). The first-order chi connectivity index (χ1) is 12.8. The first-order valence-corrected chi connectivity index (χ1v) is 11.3. The summed E-state index contributed by atoms with van der Waals surface area (Å²) in [7, 11) is 3.72. The van der Waals surface area contributed by atoms with Crippen molar-refractivity contribution >= 4 is 0 Å². The van der Waals surface area contributed by atoms with Crippen molar-refractivity contribution in [3.63, 3.8) is 0 Å². The van der Waals surface area contributed by atoms with Crippen molar-refractivity contribution in [1.82, 2.24) is 0 Å². The van der Waals surface area contributed by atoms with E-state index in [9.17, 15) is 0 Å². The van der Waals surface area contributed by atoms with Crippen molar-refractivity contribution in [2.75, 3.05) is 14.2 Å². The molecular weight excluding hydrogens is 320 g/mol. The fourth-order valence-corrected chi connectivity index (χ4v) is 4.94. The van der Waals surface area contributed by atoms with E-state index in [1.807, 2.05) is 14.2 Å². The van der Waals surface area contributed by atoms with Crippen LogP contribution in [0.4, 0.5) is 0 Å². The number of rotatable bonds is 12. The van der Waals surface area contributed by atoms with Gasteiger partial charge in [0.15, 0.2) is 5.79 Å². The Bertz CT molecular complexity index is 445. The summed E-state index contributed by atoms with van der Waals surface area (Å²) < 4.78 is 12.4. The van der Waals surface area contributed by atoms with Crippen LogP contribution in [0.25, 0.3) is 0 Å². The largest absolute Gasteiger partial charge is 0.349 e. The van der Waals surface area contributed by atoms with Crippen molar-refractivity contribution in [3.05, 3.63) is 23.3 Å². The van der Waals surface area contributed by atoms with E-state index in [1.54, 1.807) is 5.57 Å². The molecule has 2 aliphatic carbocycles. The van der Waals surface area contributed by atoms with Crippen LogP contribution in [-0.4, -0.2) is 20.0 Å². The topological polar surface area (TPSA) is 18.5 Å². The molecule has 0 aromatic carbocycles. The Morgan fingerprint density at radius 3 is 2.08 bits per heavy atom. The molecule has 1 unspecified atom stereocenters. The second-order valence-electron chi connectivity index (χ2n) is 8.18. The second kappa shape index (κ2) is 12.0. The number of hydrogen-bond acceptors (Lipinski definition) is 2. The zero-order valence-corrected chi connectivity index (χ0v) is 17.7. The molecule has 0 aliphatic heterocycles. The Balaban J connectivity index is 2.13. The minimum absolute atomic E-state index is 0.383. The summed E-state index contributed by atoms with van der Waals surface area (Å²) in [6.45, 7) is 2.29. The minimum atomic E-state index is -0.535. The third-order valence-electron chi connectivity index (χ3n) is 6.42. The lowest BCUT2D eigenvalue weighted by Crippen LogP contribution is -2.45. The van der Waals surface area contributed by atoms with E-state index in [1.165, 1.54) is 95.5 Å². The molecule has 0 aromatic heterocycles. The van der Waals surface area contributed by atoms with Gasteiger partial charge < -0.3 is 9.47 Å². The van der Waals surface area contributed by atoms with E-state index in [0.717, 1.165) is 6.42 Å². The van der Waals surface area contributed by atoms with Crippen LogP contribution in [0.5, 0.6) is 0 Å². The van der Waals surface area contributed by atoms with Gasteiger partial charge >= 0.3 is 0 Å². The highest BCUT2D eigenvalue weighted by molar-refractivity contribution is 5.25. The number of ether oxygens (including phenoxy) is 2. The maximum Gasteiger partial charge on any atom is 0.196 e. The molecule has 0 radical (unpaired) electrons. The van der Waals surface area contributed by atoms with E-state index < -0.39 is 5.79 Å². The maximum atomic E-state index is 6.21. The molecule has 0 N–H and O–H groups in total. The van der Waals surface area contributed by atoms with Crippen molar-refractivity contribution in [3.8, 4) is 0 Å². The quantitative estimate of drug-likeness (QED) is 0.205. The molecule has 0 saturated carbocycles. The molecule has 0 aromatic rings. The highest BCUT2D eigenvalue weighted by Gasteiger charge is 2.44. The number of hydrogen-bond donors (Lipinski definition) is 0. The molecule has 0 bridgehead atoms. The zero-order valence-electron chi connectivity index (χ0n) is 17.7. The van der Waals surface area contributed by atoms with Crippen molar-refractivity contribution in [2.45, 2.75) is 109 Å². The van der Waals surface area contributed by atoms with Gasteiger partial charge in [-0.1, -0.05) is 63.2 Å². The van der Waals surface area contributed by atoms with Crippen LogP contribution in [0.1, 0.15) is 103 Å². The summed E-state index contributed by atoms with van der Waals surface area (Å²) in [6, 6.07) is 0. The number of methoxy groups -OCH3 is 2. The summed E-state index contributed by atoms with van der Waals surface area (Å²) in [5.41, 5.74) is 3.00. The van der Waals surface area contributed by atoms with Crippen LogP contribution in [0.3, 0.4) is 0 Å². The average molecular weight is 363 g/mol. The highest BCUT2D eigenvalue weighted by atomic mass is 16.7. The van der Waals surface area contributed by atoms with Crippen LogP contribution >= 0.6 is 0 Å². The molecule has 2 heteroatoms. The van der Waals surface area contributed by atoms with Gasteiger partial charge in [0.2, 0.25) is 0 Å². The lowest BCUT2D eigenvalue weighted by molar-refractivity contribution is -0.209. The third kappa shape index (κ3) is 5.70. The lowest BCUT2D eigenvalue weighted by Gasteiger charge is -2.43. The second-order valence-corrected chi connectivity index (χ2v) is 8.18. The van der Waals surface area contributed by atoms with Gasteiger partial charge in [0.05, 0.1) is 0 Å². The minimum Gasteiger partial charge on any atom is -0.349 e. The Morgan fingerprint density at radius 1 is 0.846 bits per heavy atom. The normalized spacial score (nSPS) is 19.8. The van der Waals surface area contributed by atoms with Gasteiger partial charge in [-0.25, -0.2) is 0 Å². The van der Waals surface area contributed by atoms with E-state index in [4.69, 9.17) is 9.47 Å². The van der Waals surface area contributed by atoms with Crippen molar-refractivity contribution in [2.24, 2.45) is 5.92 Å². The number of allylic oxidation sites excluding steroid dienone is 2. The summed E-state index contributed by atoms with van der Waals surface area (Å²) >= 11 is 0. The molecule has 1 atom stereocenters. The van der Waals surface area contributed by atoms with Gasteiger partial charge in [-0.3, -0.25) is 0 Å². The first kappa shape index (κ1) is 21.7. The SMILES string of the molecule is CCCCCCCCC(C1=CCCCC1)C(OC)(OC)C1=CCCCC1. The zero-order chi connectivity index (χ0) is 18.7. The van der Waals surface area contributed by atoms with E-state index in [2.05, 4.69) is 19.1 Å². The predicted molar refractivity (Wildman–Crippen MR) is 111 cm³/mol. The molecule has 150 valence electrons. The molecule has 2 aliphatic rings. The summed E-state index contributed by atoms with van der Waals surface area (Å²) in [6.07, 6.45) is 24.2. The van der Waals surface area contributed by atoms with Crippen LogP contribution < -0.4 is 0 Å². The summed E-state index contributed by atoms with van der Waals surface area (Å²) in [5, 5.41) is 0. The maximum absolute atomic E-state index is 6.21. The number of unbranched alkanes of at least 4 members (excludes halogenated alkanes) is 5. The van der Waals surface area contributed by atoms with Gasteiger partial charge in [0, 0.05) is 20.1 Å². The molecule has 0 heterocycles. The van der Waals surface area contributed by atoms with Crippen LogP contribution in [0, 0.1) is 5.92 Å². The van der Waals surface area contributed by atoms with Crippen molar-refractivity contribution < 1.29 is 9.47 Å². The van der Waals surface area contributed by atoms with Gasteiger partial charge in [-0.15, -0.1) is 0 Å². The van der Waals surface area contributed by atoms with E-state index in [-0.39, 0.29) is 0 Å². The summed E-state index contributed by atoms with van der Waals surface area (Å²) in [4.78, 5) is 0. The average Bonchev–Trinajstić information content (AvgIpc) is 2.71. The Morgan fingerprint density at radius 2 is 1.50 bits per heavy atom. The van der Waals surface area contributed by atoms with Crippen LogP contribution in [0.15, 0.2) is 23.3 Å². The molecule has 26 heavy (non-hydrogen) atoms. The first-order valence-electron chi connectivity index (χ1n) is 11.3. The third-order valence-corrected chi connectivity index (χ3v) is 6.42. The Kier molecular flexibility index (Phi) is 9.99. The van der Waals surface area contributed by atoms with Crippen molar-refractivity contribution in [1.29, 1.82) is 0 Å². The van der Waals surface area contributed by atoms with E-state index in [0.29, 0.717) is 5.92 Å². The Hall–Kier alpha value is -0.600. The van der Waals surface area contributed by atoms with Gasteiger partial charge in [0.25, 0.3) is 0 Å². The predicted octanol–water partition coefficient (Wildman–Crippen LogP) is 7.34. The molecular formula is C24H42O2. The van der Waals surface area contributed by atoms with Gasteiger partial charge in [-0.2, -0.15) is 0 Å². The Labute approximate surface area is 162 Å². The molecule has 0 spiro atoms. The smallest absolute Gasteiger partial charge is 0.196 e. The molecule has 0 amide bonds. The monoisotopic (exact) mass is 362 g/mol.